The minimum atomic E-state index is -0.327. The van der Waals surface area contributed by atoms with E-state index in [1.165, 1.54) is 12.1 Å². The Morgan fingerprint density at radius 2 is 2.17 bits per heavy atom. The van der Waals surface area contributed by atoms with Crippen LogP contribution in [0, 0.1) is 5.82 Å². The number of nitrogen functional groups attached to an aromatic ring is 1. The molecule has 2 aromatic heterocycles. The number of benzene rings is 1. The number of aromatic nitrogens is 4. The molecule has 0 amide bonds. The molecule has 2 N–H and O–H groups in total. The zero-order chi connectivity index (χ0) is 12.5. The number of halogens is 1. The zero-order valence-electron chi connectivity index (χ0n) is 9.42. The van der Waals surface area contributed by atoms with Crippen LogP contribution in [0.15, 0.2) is 36.5 Å². The third kappa shape index (κ3) is 1.77. The minimum absolute atomic E-state index is 0.327. The van der Waals surface area contributed by atoms with Gasteiger partial charge in [-0.05, 0) is 24.3 Å². The van der Waals surface area contributed by atoms with Crippen molar-refractivity contribution in [1.29, 1.82) is 0 Å². The van der Waals surface area contributed by atoms with E-state index in [2.05, 4.69) is 15.2 Å². The average molecular weight is 243 g/mol. The lowest BCUT2D eigenvalue weighted by atomic mass is 10.3. The third-order valence-electron chi connectivity index (χ3n) is 2.69. The van der Waals surface area contributed by atoms with E-state index in [-0.39, 0.29) is 5.82 Å². The highest BCUT2D eigenvalue weighted by molar-refractivity contribution is 5.78. The van der Waals surface area contributed by atoms with E-state index >= 15 is 0 Å². The molecule has 6 heteroatoms. The Morgan fingerprint density at radius 1 is 1.28 bits per heavy atom. The van der Waals surface area contributed by atoms with E-state index in [0.29, 0.717) is 18.0 Å². The van der Waals surface area contributed by atoms with Crippen molar-refractivity contribution in [3.63, 3.8) is 0 Å². The molecule has 0 bridgehead atoms. The predicted octanol–water partition coefficient (Wildman–Crippen LogP) is 1.60. The minimum Gasteiger partial charge on any atom is -0.369 e. The summed E-state index contributed by atoms with van der Waals surface area (Å²) in [6.45, 7) is 0.460. The largest absolute Gasteiger partial charge is 0.369 e. The van der Waals surface area contributed by atoms with E-state index in [0.717, 1.165) is 11.2 Å². The predicted molar refractivity (Wildman–Crippen MR) is 65.2 cm³/mol. The van der Waals surface area contributed by atoms with Gasteiger partial charge in [-0.15, -0.1) is 0 Å². The molecule has 0 saturated heterocycles. The second kappa shape index (κ2) is 4.06. The zero-order valence-corrected chi connectivity index (χ0v) is 9.42. The van der Waals surface area contributed by atoms with Crippen LogP contribution in [0.2, 0.25) is 0 Å². The van der Waals surface area contributed by atoms with E-state index in [1.807, 2.05) is 6.07 Å². The fraction of sp³-hybridized carbons (Fsp3) is 0.0833. The van der Waals surface area contributed by atoms with Crippen molar-refractivity contribution in [2.75, 3.05) is 5.73 Å². The molecule has 0 aliphatic heterocycles. The van der Waals surface area contributed by atoms with Crippen LogP contribution in [0.25, 0.3) is 11.0 Å². The van der Waals surface area contributed by atoms with Gasteiger partial charge in [-0.2, -0.15) is 10.2 Å². The third-order valence-corrected chi connectivity index (χ3v) is 2.69. The van der Waals surface area contributed by atoms with E-state index < -0.39 is 0 Å². The molecule has 90 valence electrons. The molecular weight excluding hydrogens is 233 g/mol. The van der Waals surface area contributed by atoms with Gasteiger partial charge < -0.3 is 10.3 Å². The molecule has 3 aromatic rings. The first-order valence-corrected chi connectivity index (χ1v) is 5.42. The van der Waals surface area contributed by atoms with Crippen molar-refractivity contribution < 1.29 is 4.39 Å². The summed E-state index contributed by atoms with van der Waals surface area (Å²) in [5.74, 6) is 0.00732. The van der Waals surface area contributed by atoms with Crippen LogP contribution in [0.3, 0.4) is 0 Å². The van der Waals surface area contributed by atoms with Gasteiger partial charge in [-0.3, -0.25) is 0 Å². The molecular formula is C12H10FN5. The second-order valence-electron chi connectivity index (χ2n) is 3.90. The van der Waals surface area contributed by atoms with Crippen molar-refractivity contribution >= 4 is 17.0 Å². The van der Waals surface area contributed by atoms with Crippen molar-refractivity contribution in [3.05, 3.63) is 48.0 Å². The van der Waals surface area contributed by atoms with Crippen LogP contribution in [-0.2, 0) is 6.54 Å². The number of fused-ring (bicyclic) bond motifs is 1. The maximum absolute atomic E-state index is 13.1. The summed E-state index contributed by atoms with van der Waals surface area (Å²) in [4.78, 5) is 4.12. The van der Waals surface area contributed by atoms with Gasteiger partial charge in [-0.1, -0.05) is 0 Å². The molecule has 5 nitrogen and oxygen atoms in total. The molecule has 0 unspecified atom stereocenters. The van der Waals surface area contributed by atoms with Crippen molar-refractivity contribution in [3.8, 4) is 0 Å². The quantitative estimate of drug-likeness (QED) is 0.742. The van der Waals surface area contributed by atoms with Gasteiger partial charge in [0, 0.05) is 12.3 Å². The molecule has 0 saturated carbocycles. The average Bonchev–Trinajstić information content (AvgIpc) is 2.66. The SMILES string of the molecule is Nc1nc2cc(F)ccc2n1Cc1cccnn1. The highest BCUT2D eigenvalue weighted by atomic mass is 19.1. The van der Waals surface area contributed by atoms with Crippen molar-refractivity contribution in [1.82, 2.24) is 19.7 Å². The van der Waals surface area contributed by atoms with Crippen LogP contribution in [0.5, 0.6) is 0 Å². The van der Waals surface area contributed by atoms with Gasteiger partial charge >= 0.3 is 0 Å². The number of nitrogens with two attached hydrogens (primary N) is 1. The summed E-state index contributed by atoms with van der Waals surface area (Å²) in [5, 5.41) is 7.80. The summed E-state index contributed by atoms with van der Waals surface area (Å²) in [5.41, 5.74) is 7.92. The Bertz CT molecular complexity index is 692. The molecule has 0 fully saturated rings. The number of rotatable bonds is 2. The lowest BCUT2D eigenvalue weighted by Crippen LogP contribution is -2.06. The Hall–Kier alpha value is -2.50. The molecule has 18 heavy (non-hydrogen) atoms. The number of imidazole rings is 1. The summed E-state index contributed by atoms with van der Waals surface area (Å²) < 4.78 is 14.9. The fourth-order valence-electron chi connectivity index (χ4n) is 1.87. The standard InChI is InChI=1S/C12H10FN5/c13-8-3-4-11-10(6-8)16-12(14)18(11)7-9-2-1-5-15-17-9/h1-6H,7H2,(H2,14,16). The van der Waals surface area contributed by atoms with E-state index in [1.54, 1.807) is 22.9 Å². The first kappa shape index (κ1) is 10.6. The molecule has 1 aromatic carbocycles. The van der Waals surface area contributed by atoms with E-state index in [9.17, 15) is 4.39 Å². The fourth-order valence-corrected chi connectivity index (χ4v) is 1.87. The number of nitrogens with zero attached hydrogens (tertiary/aromatic N) is 4. The van der Waals surface area contributed by atoms with Crippen molar-refractivity contribution in [2.24, 2.45) is 0 Å². The van der Waals surface area contributed by atoms with Crippen LogP contribution < -0.4 is 5.73 Å². The summed E-state index contributed by atoms with van der Waals surface area (Å²) >= 11 is 0. The monoisotopic (exact) mass is 243 g/mol. The Balaban J connectivity index is 2.09. The Labute approximate surface area is 102 Å². The Kier molecular flexibility index (Phi) is 2.40. The van der Waals surface area contributed by atoms with Gasteiger partial charge in [0.15, 0.2) is 0 Å². The highest BCUT2D eigenvalue weighted by Crippen LogP contribution is 2.19. The molecule has 0 aliphatic rings. The molecule has 0 radical (unpaired) electrons. The van der Waals surface area contributed by atoms with Gasteiger partial charge in [0.25, 0.3) is 0 Å². The van der Waals surface area contributed by atoms with Crippen LogP contribution in [-0.4, -0.2) is 19.7 Å². The lowest BCUT2D eigenvalue weighted by molar-refractivity contribution is 0.629. The summed E-state index contributed by atoms with van der Waals surface area (Å²) in [7, 11) is 0. The maximum atomic E-state index is 13.1. The van der Waals surface area contributed by atoms with Crippen LogP contribution in [0.1, 0.15) is 5.69 Å². The number of hydrogen-bond acceptors (Lipinski definition) is 4. The maximum Gasteiger partial charge on any atom is 0.201 e. The van der Waals surface area contributed by atoms with Crippen molar-refractivity contribution in [2.45, 2.75) is 6.54 Å². The first-order valence-electron chi connectivity index (χ1n) is 5.42. The van der Waals surface area contributed by atoms with Gasteiger partial charge in [0.05, 0.1) is 23.3 Å². The first-order chi connectivity index (χ1) is 8.74. The normalized spacial score (nSPS) is 10.9. The highest BCUT2D eigenvalue weighted by Gasteiger charge is 2.09. The number of anilines is 1. The van der Waals surface area contributed by atoms with Crippen LogP contribution in [0.4, 0.5) is 10.3 Å². The number of hydrogen-bond donors (Lipinski definition) is 1. The van der Waals surface area contributed by atoms with Gasteiger partial charge in [-0.25, -0.2) is 9.37 Å². The van der Waals surface area contributed by atoms with Gasteiger partial charge in [0.1, 0.15) is 5.82 Å². The molecule has 0 atom stereocenters. The topological polar surface area (TPSA) is 69.6 Å². The van der Waals surface area contributed by atoms with Crippen LogP contribution >= 0.6 is 0 Å². The van der Waals surface area contributed by atoms with E-state index in [4.69, 9.17) is 5.73 Å². The molecule has 3 rings (SSSR count). The lowest BCUT2D eigenvalue weighted by Gasteiger charge is -2.04. The molecule has 0 aliphatic carbocycles. The molecule has 2 heterocycles. The second-order valence-corrected chi connectivity index (χ2v) is 3.90. The Morgan fingerprint density at radius 3 is 2.94 bits per heavy atom. The molecule has 0 spiro atoms. The summed E-state index contributed by atoms with van der Waals surface area (Å²) in [6, 6.07) is 8.05. The smallest absolute Gasteiger partial charge is 0.201 e. The van der Waals surface area contributed by atoms with Gasteiger partial charge in [0.2, 0.25) is 5.95 Å². The summed E-state index contributed by atoms with van der Waals surface area (Å²) in [6.07, 6.45) is 1.61.